The molecule has 2 N–H and O–H groups in total. The maximum atomic E-state index is 12.5. The molecule has 3 heterocycles. The molecule has 0 aliphatic carbocycles. The number of rotatable bonds is 5. The van der Waals surface area contributed by atoms with Gasteiger partial charge in [-0.05, 0) is 37.3 Å². The molecule has 152 valence electrons. The standard InChI is InChI=1S/C19H21N5O3S2/c1-2-27-19(26)24-9-7-13(8-10-24)20-17-22-23-18(29-17)21-16(25)15-11-12-5-3-4-6-14(12)28-15/h3-6,11,13H,2,7-10H2,1H3,(H,20,22)(H,21,23,25). The molecule has 0 saturated carbocycles. The summed E-state index contributed by atoms with van der Waals surface area (Å²) >= 11 is 2.76. The number of benzene rings is 1. The minimum Gasteiger partial charge on any atom is -0.450 e. The molecule has 8 nitrogen and oxygen atoms in total. The van der Waals surface area contributed by atoms with Crippen LogP contribution >= 0.6 is 22.7 Å². The van der Waals surface area contributed by atoms with Crippen LogP contribution in [0.5, 0.6) is 0 Å². The molecule has 0 radical (unpaired) electrons. The number of carbonyl (C=O) groups excluding carboxylic acids is 2. The minimum atomic E-state index is -0.256. The van der Waals surface area contributed by atoms with Gasteiger partial charge < -0.3 is 15.0 Å². The first-order chi connectivity index (χ1) is 14.1. The number of carbonyl (C=O) groups is 2. The number of fused-ring (bicyclic) bond motifs is 1. The van der Waals surface area contributed by atoms with E-state index in [0.29, 0.717) is 34.8 Å². The number of amides is 2. The van der Waals surface area contributed by atoms with E-state index in [9.17, 15) is 9.59 Å². The van der Waals surface area contributed by atoms with E-state index in [0.717, 1.165) is 22.9 Å². The molecule has 0 atom stereocenters. The van der Waals surface area contributed by atoms with Crippen LogP contribution in [0.15, 0.2) is 30.3 Å². The van der Waals surface area contributed by atoms with Crippen molar-refractivity contribution in [2.75, 3.05) is 30.3 Å². The summed E-state index contributed by atoms with van der Waals surface area (Å²) in [5, 5.41) is 16.5. The van der Waals surface area contributed by atoms with Gasteiger partial charge in [0, 0.05) is 23.8 Å². The van der Waals surface area contributed by atoms with Crippen LogP contribution in [0.1, 0.15) is 29.4 Å². The Balaban J connectivity index is 1.31. The lowest BCUT2D eigenvalue weighted by atomic mass is 10.1. The van der Waals surface area contributed by atoms with Gasteiger partial charge in [-0.25, -0.2) is 4.79 Å². The maximum Gasteiger partial charge on any atom is 0.409 e. The zero-order chi connectivity index (χ0) is 20.2. The van der Waals surface area contributed by atoms with Crippen LogP contribution in [0.25, 0.3) is 10.1 Å². The molecule has 1 aromatic carbocycles. The monoisotopic (exact) mass is 431 g/mol. The summed E-state index contributed by atoms with van der Waals surface area (Å²) in [6.07, 6.45) is 1.36. The predicted molar refractivity (Wildman–Crippen MR) is 115 cm³/mol. The molecule has 1 aliphatic heterocycles. The highest BCUT2D eigenvalue weighted by atomic mass is 32.1. The average molecular weight is 432 g/mol. The van der Waals surface area contributed by atoms with Crippen LogP contribution < -0.4 is 10.6 Å². The number of hydrogen-bond donors (Lipinski definition) is 2. The van der Waals surface area contributed by atoms with Gasteiger partial charge in [-0.1, -0.05) is 29.5 Å². The van der Waals surface area contributed by atoms with E-state index in [1.807, 2.05) is 30.3 Å². The third-order valence-electron chi connectivity index (χ3n) is 4.64. The van der Waals surface area contributed by atoms with E-state index >= 15 is 0 Å². The van der Waals surface area contributed by atoms with E-state index in [-0.39, 0.29) is 18.0 Å². The third kappa shape index (κ3) is 4.65. The fraction of sp³-hybridized carbons (Fsp3) is 0.368. The number of nitrogens with zero attached hydrogens (tertiary/aromatic N) is 3. The first-order valence-electron chi connectivity index (χ1n) is 9.44. The van der Waals surface area contributed by atoms with Crippen molar-refractivity contribution in [1.29, 1.82) is 0 Å². The molecule has 0 unspecified atom stereocenters. The second-order valence-corrected chi connectivity index (χ2v) is 8.68. The van der Waals surface area contributed by atoms with Crippen LogP contribution in [-0.4, -0.2) is 52.8 Å². The summed E-state index contributed by atoms with van der Waals surface area (Å²) in [4.78, 5) is 26.6. The highest BCUT2D eigenvalue weighted by Gasteiger charge is 2.24. The molecule has 10 heteroatoms. The number of ether oxygens (including phenoxy) is 1. The van der Waals surface area contributed by atoms with E-state index in [4.69, 9.17) is 4.74 Å². The number of aromatic nitrogens is 2. The Labute approximate surface area is 175 Å². The third-order valence-corrected chi connectivity index (χ3v) is 6.53. The Morgan fingerprint density at radius 3 is 2.69 bits per heavy atom. The fourth-order valence-electron chi connectivity index (χ4n) is 3.18. The Kier molecular flexibility index (Phi) is 5.91. The van der Waals surface area contributed by atoms with Crippen molar-refractivity contribution in [1.82, 2.24) is 15.1 Å². The van der Waals surface area contributed by atoms with Gasteiger partial charge in [0.15, 0.2) is 0 Å². The second kappa shape index (κ2) is 8.75. The highest BCUT2D eigenvalue weighted by Crippen LogP contribution is 2.28. The smallest absolute Gasteiger partial charge is 0.409 e. The summed E-state index contributed by atoms with van der Waals surface area (Å²) in [6.45, 7) is 3.48. The largest absolute Gasteiger partial charge is 0.450 e. The summed E-state index contributed by atoms with van der Waals surface area (Å²) in [5.74, 6) is -0.184. The van der Waals surface area contributed by atoms with Gasteiger partial charge >= 0.3 is 6.09 Å². The van der Waals surface area contributed by atoms with E-state index < -0.39 is 0 Å². The van der Waals surface area contributed by atoms with Crippen LogP contribution in [0.2, 0.25) is 0 Å². The number of nitrogens with one attached hydrogen (secondary N) is 2. The summed E-state index contributed by atoms with van der Waals surface area (Å²) < 4.78 is 6.11. The number of likely N-dealkylation sites (tertiary alicyclic amines) is 1. The zero-order valence-electron chi connectivity index (χ0n) is 15.9. The van der Waals surface area contributed by atoms with Gasteiger partial charge in [0.1, 0.15) is 0 Å². The number of thiophene rings is 1. The predicted octanol–water partition coefficient (Wildman–Crippen LogP) is 4.04. The maximum absolute atomic E-state index is 12.5. The van der Waals surface area contributed by atoms with Crippen molar-refractivity contribution in [3.8, 4) is 0 Å². The zero-order valence-corrected chi connectivity index (χ0v) is 17.5. The number of anilines is 2. The molecule has 1 aliphatic rings. The lowest BCUT2D eigenvalue weighted by Gasteiger charge is -2.31. The minimum absolute atomic E-state index is 0.184. The fourth-order valence-corrected chi connectivity index (χ4v) is 4.85. The topological polar surface area (TPSA) is 96.4 Å². The summed E-state index contributed by atoms with van der Waals surface area (Å²) in [5.41, 5.74) is 0. The Morgan fingerprint density at radius 1 is 1.17 bits per heavy atom. The Hall–Kier alpha value is -2.72. The van der Waals surface area contributed by atoms with Gasteiger partial charge in [0.2, 0.25) is 10.3 Å². The molecule has 3 aromatic rings. The van der Waals surface area contributed by atoms with E-state index in [1.165, 1.54) is 22.7 Å². The first-order valence-corrected chi connectivity index (χ1v) is 11.1. The van der Waals surface area contributed by atoms with Crippen LogP contribution in [0, 0.1) is 0 Å². The normalized spacial score (nSPS) is 14.7. The van der Waals surface area contributed by atoms with Gasteiger partial charge in [0.25, 0.3) is 5.91 Å². The highest BCUT2D eigenvalue weighted by molar-refractivity contribution is 7.21. The van der Waals surface area contributed by atoms with Crippen LogP contribution in [-0.2, 0) is 4.74 Å². The molecule has 1 fully saturated rings. The SMILES string of the molecule is CCOC(=O)N1CCC(Nc2nnc(NC(=O)c3cc4ccccc4s3)s2)CC1. The first kappa shape index (κ1) is 19.6. The van der Waals surface area contributed by atoms with Crippen molar-refractivity contribution >= 4 is 55.0 Å². The van der Waals surface area contributed by atoms with Crippen molar-refractivity contribution in [2.24, 2.45) is 0 Å². The van der Waals surface area contributed by atoms with Crippen LogP contribution in [0.3, 0.4) is 0 Å². The van der Waals surface area contributed by atoms with E-state index in [2.05, 4.69) is 20.8 Å². The second-order valence-electron chi connectivity index (χ2n) is 6.62. The Morgan fingerprint density at radius 2 is 1.93 bits per heavy atom. The molecular formula is C19H21N5O3S2. The van der Waals surface area contributed by atoms with Crippen molar-refractivity contribution in [3.63, 3.8) is 0 Å². The average Bonchev–Trinajstić information content (AvgIpc) is 3.35. The molecule has 2 aromatic heterocycles. The molecule has 0 spiro atoms. The summed E-state index contributed by atoms with van der Waals surface area (Å²) in [6, 6.07) is 9.99. The van der Waals surface area contributed by atoms with Crippen molar-refractivity contribution in [3.05, 3.63) is 35.2 Å². The van der Waals surface area contributed by atoms with Crippen LogP contribution in [0.4, 0.5) is 15.1 Å². The molecule has 29 heavy (non-hydrogen) atoms. The lowest BCUT2D eigenvalue weighted by molar-refractivity contribution is 0.0982. The van der Waals surface area contributed by atoms with Crippen molar-refractivity contribution < 1.29 is 14.3 Å². The van der Waals surface area contributed by atoms with Gasteiger partial charge in [-0.2, -0.15) is 0 Å². The van der Waals surface area contributed by atoms with Gasteiger partial charge in [0.05, 0.1) is 11.5 Å². The molecule has 4 rings (SSSR count). The summed E-state index contributed by atoms with van der Waals surface area (Å²) in [7, 11) is 0. The van der Waals surface area contributed by atoms with E-state index in [1.54, 1.807) is 11.8 Å². The molecule has 2 amide bonds. The number of hydrogen-bond acceptors (Lipinski definition) is 8. The lowest BCUT2D eigenvalue weighted by Crippen LogP contribution is -2.42. The van der Waals surface area contributed by atoms with Gasteiger partial charge in [-0.15, -0.1) is 21.5 Å². The molecule has 1 saturated heterocycles. The quantitative estimate of drug-likeness (QED) is 0.633. The Bertz CT molecular complexity index is 977. The van der Waals surface area contributed by atoms with Crippen molar-refractivity contribution in [2.45, 2.75) is 25.8 Å². The molecule has 0 bridgehead atoms. The molecular weight excluding hydrogens is 410 g/mol. The number of piperidine rings is 1. The van der Waals surface area contributed by atoms with Gasteiger partial charge in [-0.3, -0.25) is 10.1 Å².